The molecule has 3 rings (SSSR count). The average Bonchev–Trinajstić information content (AvgIpc) is 2.99. The summed E-state index contributed by atoms with van der Waals surface area (Å²) in [6, 6.07) is 3.85. The van der Waals surface area contributed by atoms with Crippen LogP contribution in [-0.4, -0.2) is 29.1 Å². The number of carbonyl (C=O) groups is 1. The van der Waals surface area contributed by atoms with Gasteiger partial charge in [0.25, 0.3) is 0 Å². The van der Waals surface area contributed by atoms with Gasteiger partial charge in [0.2, 0.25) is 0 Å². The fourth-order valence-electron chi connectivity index (χ4n) is 3.92. The fraction of sp³-hybridized carbons (Fsp3) is 0.667. The molecule has 1 saturated heterocycles. The summed E-state index contributed by atoms with van der Waals surface area (Å²) in [5.41, 5.74) is 0.0106. The van der Waals surface area contributed by atoms with E-state index in [1.165, 1.54) is 19.3 Å². The van der Waals surface area contributed by atoms with Gasteiger partial charge in [0.1, 0.15) is 5.76 Å². The van der Waals surface area contributed by atoms with E-state index in [0.29, 0.717) is 6.54 Å². The second kappa shape index (κ2) is 5.00. The Labute approximate surface area is 113 Å². The molecule has 1 N–H and O–H groups in total. The van der Waals surface area contributed by atoms with Crippen molar-refractivity contribution >= 4 is 5.97 Å². The number of hydrogen-bond acceptors (Lipinski definition) is 3. The highest BCUT2D eigenvalue weighted by Gasteiger charge is 2.50. The van der Waals surface area contributed by atoms with Crippen LogP contribution >= 0.6 is 0 Å². The van der Waals surface area contributed by atoms with Crippen molar-refractivity contribution in [1.29, 1.82) is 0 Å². The Hall–Kier alpha value is -1.29. The SMILES string of the molecule is O=C(O)C1CN(Cc2ccco2)CC12CCCCC2. The monoisotopic (exact) mass is 263 g/mol. The lowest BCUT2D eigenvalue weighted by Crippen LogP contribution is -2.36. The van der Waals surface area contributed by atoms with Gasteiger partial charge in [-0.05, 0) is 30.4 Å². The molecule has 4 nitrogen and oxygen atoms in total. The van der Waals surface area contributed by atoms with Crippen molar-refractivity contribution in [1.82, 2.24) is 4.90 Å². The molecule has 1 aliphatic carbocycles. The minimum absolute atomic E-state index is 0.0106. The van der Waals surface area contributed by atoms with E-state index in [9.17, 15) is 9.90 Å². The third kappa shape index (κ3) is 2.41. The Morgan fingerprint density at radius 1 is 1.42 bits per heavy atom. The highest BCUT2D eigenvalue weighted by molar-refractivity contribution is 5.72. The lowest BCUT2D eigenvalue weighted by Gasteiger charge is -2.36. The Balaban J connectivity index is 1.74. The lowest BCUT2D eigenvalue weighted by molar-refractivity contribution is -0.145. The minimum atomic E-state index is -0.621. The first-order chi connectivity index (χ1) is 9.20. The van der Waals surface area contributed by atoms with Gasteiger partial charge in [0, 0.05) is 13.1 Å². The van der Waals surface area contributed by atoms with E-state index in [1.807, 2.05) is 12.1 Å². The molecule has 19 heavy (non-hydrogen) atoms. The van der Waals surface area contributed by atoms with Crippen LogP contribution in [0.1, 0.15) is 37.9 Å². The Morgan fingerprint density at radius 3 is 2.84 bits per heavy atom. The summed E-state index contributed by atoms with van der Waals surface area (Å²) in [5, 5.41) is 9.52. The average molecular weight is 263 g/mol. The number of aliphatic carboxylic acids is 1. The van der Waals surface area contributed by atoms with E-state index in [-0.39, 0.29) is 11.3 Å². The molecule has 104 valence electrons. The molecule has 0 radical (unpaired) electrons. The summed E-state index contributed by atoms with van der Waals surface area (Å²) < 4.78 is 5.38. The quantitative estimate of drug-likeness (QED) is 0.911. The van der Waals surface area contributed by atoms with Gasteiger partial charge >= 0.3 is 5.97 Å². The zero-order chi connectivity index (χ0) is 13.3. The first kappa shape index (κ1) is 12.7. The van der Waals surface area contributed by atoms with Gasteiger partial charge < -0.3 is 9.52 Å². The summed E-state index contributed by atoms with van der Waals surface area (Å²) in [4.78, 5) is 13.8. The molecule has 1 aromatic rings. The number of furan rings is 1. The van der Waals surface area contributed by atoms with Crippen molar-refractivity contribution in [3.8, 4) is 0 Å². The Bertz CT molecular complexity index is 434. The van der Waals surface area contributed by atoms with Crippen LogP contribution in [0, 0.1) is 11.3 Å². The van der Waals surface area contributed by atoms with Crippen molar-refractivity contribution in [3.63, 3.8) is 0 Å². The van der Waals surface area contributed by atoms with Gasteiger partial charge in [-0.3, -0.25) is 9.69 Å². The Morgan fingerprint density at radius 2 is 2.21 bits per heavy atom. The van der Waals surface area contributed by atoms with E-state index in [0.717, 1.165) is 31.7 Å². The minimum Gasteiger partial charge on any atom is -0.481 e. The third-order valence-corrected chi connectivity index (χ3v) is 4.83. The fourth-order valence-corrected chi connectivity index (χ4v) is 3.92. The van der Waals surface area contributed by atoms with Crippen LogP contribution in [0.2, 0.25) is 0 Å². The van der Waals surface area contributed by atoms with Crippen molar-refractivity contribution in [2.45, 2.75) is 38.6 Å². The number of carboxylic acid groups (broad SMARTS) is 1. The lowest BCUT2D eigenvalue weighted by atomic mass is 9.68. The standard InChI is InChI=1S/C15H21NO3/c17-14(18)13-10-16(9-12-5-4-8-19-12)11-15(13)6-2-1-3-7-15/h4-5,8,13H,1-3,6-7,9-11H2,(H,17,18). The zero-order valence-electron chi connectivity index (χ0n) is 11.2. The predicted molar refractivity (Wildman–Crippen MR) is 70.6 cm³/mol. The van der Waals surface area contributed by atoms with Crippen LogP contribution in [0.5, 0.6) is 0 Å². The summed E-state index contributed by atoms with van der Waals surface area (Å²) >= 11 is 0. The van der Waals surface area contributed by atoms with Crippen LogP contribution in [0.25, 0.3) is 0 Å². The summed E-state index contributed by atoms with van der Waals surface area (Å²) in [7, 11) is 0. The predicted octanol–water partition coefficient (Wildman–Crippen LogP) is 2.75. The van der Waals surface area contributed by atoms with Gasteiger partial charge in [-0.1, -0.05) is 19.3 Å². The van der Waals surface area contributed by atoms with Gasteiger partial charge in [-0.2, -0.15) is 0 Å². The molecule has 1 saturated carbocycles. The molecule has 1 aromatic heterocycles. The molecular formula is C15H21NO3. The van der Waals surface area contributed by atoms with Crippen LogP contribution in [0.3, 0.4) is 0 Å². The smallest absolute Gasteiger partial charge is 0.308 e. The zero-order valence-corrected chi connectivity index (χ0v) is 11.2. The largest absolute Gasteiger partial charge is 0.481 e. The van der Waals surface area contributed by atoms with Crippen LogP contribution in [-0.2, 0) is 11.3 Å². The number of carboxylic acids is 1. The van der Waals surface area contributed by atoms with E-state index in [1.54, 1.807) is 6.26 Å². The molecule has 1 unspecified atom stereocenters. The van der Waals surface area contributed by atoms with E-state index >= 15 is 0 Å². The van der Waals surface area contributed by atoms with Crippen molar-refractivity contribution in [3.05, 3.63) is 24.2 Å². The summed E-state index contributed by atoms with van der Waals surface area (Å²) in [5.74, 6) is 0.101. The summed E-state index contributed by atoms with van der Waals surface area (Å²) in [6.45, 7) is 2.30. The molecule has 0 bridgehead atoms. The van der Waals surface area contributed by atoms with Crippen molar-refractivity contribution < 1.29 is 14.3 Å². The first-order valence-electron chi connectivity index (χ1n) is 7.17. The number of hydrogen-bond donors (Lipinski definition) is 1. The van der Waals surface area contributed by atoms with Crippen molar-refractivity contribution in [2.24, 2.45) is 11.3 Å². The second-order valence-corrected chi connectivity index (χ2v) is 6.06. The molecule has 1 aliphatic heterocycles. The third-order valence-electron chi connectivity index (χ3n) is 4.83. The Kier molecular flexibility index (Phi) is 3.35. The van der Waals surface area contributed by atoms with E-state index in [2.05, 4.69) is 4.90 Å². The van der Waals surface area contributed by atoms with Crippen LogP contribution < -0.4 is 0 Å². The maximum Gasteiger partial charge on any atom is 0.308 e. The summed E-state index contributed by atoms with van der Waals surface area (Å²) in [6.07, 6.45) is 7.43. The molecule has 2 aliphatic rings. The molecule has 1 atom stereocenters. The van der Waals surface area contributed by atoms with Crippen molar-refractivity contribution in [2.75, 3.05) is 13.1 Å². The van der Waals surface area contributed by atoms with E-state index in [4.69, 9.17) is 4.42 Å². The normalized spacial score (nSPS) is 26.8. The molecule has 2 fully saturated rings. The first-order valence-corrected chi connectivity index (χ1v) is 7.17. The molecule has 0 amide bonds. The molecule has 1 spiro atoms. The van der Waals surface area contributed by atoms with Gasteiger partial charge in [-0.25, -0.2) is 0 Å². The van der Waals surface area contributed by atoms with Gasteiger partial charge in [0.05, 0.1) is 18.7 Å². The van der Waals surface area contributed by atoms with Gasteiger partial charge in [-0.15, -0.1) is 0 Å². The highest BCUT2D eigenvalue weighted by Crippen LogP contribution is 2.47. The van der Waals surface area contributed by atoms with Gasteiger partial charge in [0.15, 0.2) is 0 Å². The number of nitrogens with zero attached hydrogens (tertiary/aromatic N) is 1. The van der Waals surface area contributed by atoms with E-state index < -0.39 is 5.97 Å². The maximum absolute atomic E-state index is 11.6. The number of likely N-dealkylation sites (tertiary alicyclic amines) is 1. The molecule has 2 heterocycles. The molecule has 4 heteroatoms. The molecule has 0 aromatic carbocycles. The highest BCUT2D eigenvalue weighted by atomic mass is 16.4. The topological polar surface area (TPSA) is 53.7 Å². The van der Waals surface area contributed by atoms with Crippen LogP contribution in [0.4, 0.5) is 0 Å². The maximum atomic E-state index is 11.6. The second-order valence-electron chi connectivity index (χ2n) is 6.06. The van der Waals surface area contributed by atoms with Crippen LogP contribution in [0.15, 0.2) is 22.8 Å². The number of rotatable bonds is 3. The molecular weight excluding hydrogens is 242 g/mol.